The average Bonchev–Trinajstić information content (AvgIpc) is 3.19. The molecule has 0 aliphatic rings. The second-order valence-electron chi connectivity index (χ2n) is 15.8. The maximum absolute atomic E-state index is 12.2. The molecule has 4 nitrogen and oxygen atoms in total. The van der Waals surface area contributed by atoms with Crippen LogP contribution in [0.3, 0.4) is 0 Å². The van der Waals surface area contributed by atoms with Gasteiger partial charge >= 0.3 is 5.97 Å². The fourth-order valence-corrected chi connectivity index (χ4v) is 6.83. The highest BCUT2D eigenvalue weighted by atomic mass is 16.6. The fourth-order valence-electron chi connectivity index (χ4n) is 6.83. The number of unbranched alkanes of at least 4 members (excludes halogenated alkanes) is 26. The van der Waals surface area contributed by atoms with Gasteiger partial charge in [-0.3, -0.25) is 4.79 Å². The summed E-state index contributed by atoms with van der Waals surface area (Å²) < 4.78 is 11.2. The van der Waals surface area contributed by atoms with Crippen LogP contribution in [0.15, 0.2) is 60.8 Å². The van der Waals surface area contributed by atoms with Crippen molar-refractivity contribution in [2.75, 3.05) is 19.8 Å². The van der Waals surface area contributed by atoms with Gasteiger partial charge in [0, 0.05) is 13.0 Å². The van der Waals surface area contributed by atoms with Gasteiger partial charge in [-0.1, -0.05) is 229 Å². The molecule has 0 spiro atoms. The molecule has 320 valence electrons. The molecule has 0 fully saturated rings. The predicted octanol–water partition coefficient (Wildman–Crippen LogP) is 16.0. The van der Waals surface area contributed by atoms with Crippen molar-refractivity contribution in [3.8, 4) is 0 Å². The molecule has 0 saturated heterocycles. The van der Waals surface area contributed by atoms with Gasteiger partial charge in [0.05, 0.1) is 13.2 Å². The number of carbonyl (C=O) groups excluding carboxylic acids is 1. The van der Waals surface area contributed by atoms with Crippen LogP contribution in [0, 0.1) is 0 Å². The Labute approximate surface area is 343 Å². The van der Waals surface area contributed by atoms with Gasteiger partial charge in [-0.15, -0.1) is 0 Å². The molecular weight excluding hydrogens is 677 g/mol. The summed E-state index contributed by atoms with van der Waals surface area (Å²) in [6, 6.07) is 0. The largest absolute Gasteiger partial charge is 0.457 e. The minimum atomic E-state index is -0.541. The number of carbonyl (C=O) groups is 1. The average molecular weight is 769 g/mol. The summed E-state index contributed by atoms with van der Waals surface area (Å²) in [5.74, 6) is -0.210. The number of esters is 1. The van der Waals surface area contributed by atoms with E-state index >= 15 is 0 Å². The molecule has 55 heavy (non-hydrogen) atoms. The maximum atomic E-state index is 12.2. The topological polar surface area (TPSA) is 55.8 Å². The monoisotopic (exact) mass is 769 g/mol. The van der Waals surface area contributed by atoms with Gasteiger partial charge in [0.2, 0.25) is 0 Å². The van der Waals surface area contributed by atoms with E-state index in [1.54, 1.807) is 0 Å². The molecule has 0 rings (SSSR count). The van der Waals surface area contributed by atoms with E-state index in [2.05, 4.69) is 74.6 Å². The van der Waals surface area contributed by atoms with Crippen LogP contribution in [0.4, 0.5) is 0 Å². The van der Waals surface area contributed by atoms with Gasteiger partial charge in [0.1, 0.15) is 6.10 Å². The van der Waals surface area contributed by atoms with Crippen LogP contribution < -0.4 is 0 Å². The summed E-state index contributed by atoms with van der Waals surface area (Å²) in [6.07, 6.45) is 64.4. The van der Waals surface area contributed by atoms with E-state index in [4.69, 9.17) is 9.47 Å². The van der Waals surface area contributed by atoms with Crippen molar-refractivity contribution < 1.29 is 19.4 Å². The maximum Gasteiger partial charge on any atom is 0.306 e. The zero-order valence-corrected chi connectivity index (χ0v) is 36.7. The summed E-state index contributed by atoms with van der Waals surface area (Å²) >= 11 is 0. The first-order chi connectivity index (χ1) is 27.2. The Balaban J connectivity index is 3.44. The van der Waals surface area contributed by atoms with Crippen molar-refractivity contribution in [1.82, 2.24) is 0 Å². The fraction of sp³-hybridized carbons (Fsp3) is 0.784. The molecule has 0 aliphatic heterocycles. The third-order valence-corrected chi connectivity index (χ3v) is 10.4. The third kappa shape index (κ3) is 46.4. The van der Waals surface area contributed by atoms with Crippen molar-refractivity contribution in [3.05, 3.63) is 60.8 Å². The van der Waals surface area contributed by atoms with Crippen molar-refractivity contribution in [2.24, 2.45) is 0 Å². The van der Waals surface area contributed by atoms with Crippen LogP contribution in [0.5, 0.6) is 0 Å². The van der Waals surface area contributed by atoms with E-state index in [1.807, 2.05) is 0 Å². The van der Waals surface area contributed by atoms with Crippen LogP contribution in [-0.4, -0.2) is 37.0 Å². The molecule has 1 unspecified atom stereocenters. The Morgan fingerprint density at radius 3 is 1.24 bits per heavy atom. The SMILES string of the molecule is CC/C=C\C/C=C\C/C=C\C/C=C\C/C=C\CCCCCCCCCC(=O)OC(CO)COCCCCCCCCCCCCCCCCCCCCCC. The van der Waals surface area contributed by atoms with E-state index < -0.39 is 6.10 Å². The second kappa shape index (κ2) is 48.2. The molecule has 0 radical (unpaired) electrons. The molecule has 0 aromatic rings. The Bertz CT molecular complexity index is 900. The van der Waals surface area contributed by atoms with Gasteiger partial charge in [-0.05, 0) is 57.8 Å². The van der Waals surface area contributed by atoms with Crippen LogP contribution in [0.2, 0.25) is 0 Å². The van der Waals surface area contributed by atoms with Gasteiger partial charge in [0.15, 0.2) is 0 Å². The Morgan fingerprint density at radius 1 is 0.455 bits per heavy atom. The first-order valence-corrected chi connectivity index (χ1v) is 23.9. The molecule has 0 bridgehead atoms. The van der Waals surface area contributed by atoms with E-state index in [9.17, 15) is 9.90 Å². The molecule has 0 aromatic carbocycles. The molecule has 0 heterocycles. The summed E-state index contributed by atoms with van der Waals surface area (Å²) in [6.45, 7) is 5.25. The van der Waals surface area contributed by atoms with Gasteiger partial charge in [-0.2, -0.15) is 0 Å². The number of hydrogen-bond acceptors (Lipinski definition) is 4. The number of allylic oxidation sites excluding steroid dienone is 10. The summed E-state index contributed by atoms with van der Waals surface area (Å²) in [5, 5.41) is 9.63. The highest BCUT2D eigenvalue weighted by Gasteiger charge is 2.13. The quantitative estimate of drug-likeness (QED) is 0.0381. The van der Waals surface area contributed by atoms with E-state index in [0.29, 0.717) is 19.6 Å². The van der Waals surface area contributed by atoms with Crippen LogP contribution >= 0.6 is 0 Å². The molecule has 4 heteroatoms. The Morgan fingerprint density at radius 2 is 0.818 bits per heavy atom. The normalized spacial score (nSPS) is 12.9. The standard InChI is InChI=1S/C51H92O4/c1-3-5-7-9-11-13-15-17-19-21-23-25-26-27-28-30-32-34-36-38-40-42-44-46-51(53)55-50(48-52)49-54-47-45-43-41-39-37-35-33-31-29-24-22-20-18-16-14-12-10-8-6-4-2/h5,7,11,13,17,19,23,25,27-28,50,52H,3-4,6,8-10,12,14-16,18,20-22,24,26,29-49H2,1-2H3/b7-5-,13-11-,19-17-,25-23-,28-27-. The number of aliphatic hydroxyl groups excluding tert-OH is 1. The Hall–Kier alpha value is -1.91. The Kier molecular flexibility index (Phi) is 46.6. The molecule has 0 amide bonds. The zero-order valence-electron chi connectivity index (χ0n) is 36.7. The van der Waals surface area contributed by atoms with Crippen LogP contribution in [0.25, 0.3) is 0 Å². The van der Waals surface area contributed by atoms with Crippen molar-refractivity contribution in [3.63, 3.8) is 0 Å². The lowest BCUT2D eigenvalue weighted by atomic mass is 10.0. The van der Waals surface area contributed by atoms with Gasteiger partial charge < -0.3 is 14.6 Å². The van der Waals surface area contributed by atoms with Crippen molar-refractivity contribution in [1.29, 1.82) is 0 Å². The molecule has 1 N–H and O–H groups in total. The van der Waals surface area contributed by atoms with E-state index in [0.717, 1.165) is 57.8 Å². The molecule has 1 atom stereocenters. The molecule has 0 aliphatic carbocycles. The van der Waals surface area contributed by atoms with Gasteiger partial charge in [0.25, 0.3) is 0 Å². The number of ether oxygens (including phenoxy) is 2. The number of aliphatic hydroxyl groups is 1. The number of hydrogen-bond donors (Lipinski definition) is 1. The lowest BCUT2D eigenvalue weighted by Crippen LogP contribution is -2.27. The van der Waals surface area contributed by atoms with Crippen LogP contribution in [-0.2, 0) is 14.3 Å². The van der Waals surface area contributed by atoms with E-state index in [1.165, 1.54) is 154 Å². The predicted molar refractivity (Wildman–Crippen MR) is 242 cm³/mol. The summed E-state index contributed by atoms with van der Waals surface area (Å²) in [5.41, 5.74) is 0. The van der Waals surface area contributed by atoms with Crippen LogP contribution in [0.1, 0.15) is 232 Å². The first kappa shape index (κ1) is 53.1. The molecular formula is C51H92O4. The smallest absolute Gasteiger partial charge is 0.306 e. The highest BCUT2D eigenvalue weighted by Crippen LogP contribution is 2.15. The third-order valence-electron chi connectivity index (χ3n) is 10.4. The molecule has 0 saturated carbocycles. The highest BCUT2D eigenvalue weighted by molar-refractivity contribution is 5.69. The van der Waals surface area contributed by atoms with E-state index in [-0.39, 0.29) is 12.6 Å². The van der Waals surface area contributed by atoms with Crippen molar-refractivity contribution >= 4 is 5.97 Å². The lowest BCUT2D eigenvalue weighted by Gasteiger charge is -2.16. The van der Waals surface area contributed by atoms with Gasteiger partial charge in [-0.25, -0.2) is 0 Å². The number of rotatable bonds is 44. The summed E-state index contributed by atoms with van der Waals surface area (Å²) in [7, 11) is 0. The lowest BCUT2D eigenvalue weighted by molar-refractivity contribution is -0.154. The summed E-state index contributed by atoms with van der Waals surface area (Å²) in [4.78, 5) is 12.2. The minimum absolute atomic E-state index is 0.176. The molecule has 0 aromatic heterocycles. The minimum Gasteiger partial charge on any atom is -0.457 e. The zero-order chi connectivity index (χ0) is 39.8. The second-order valence-corrected chi connectivity index (χ2v) is 15.8. The first-order valence-electron chi connectivity index (χ1n) is 23.9. The van der Waals surface area contributed by atoms with Crippen molar-refractivity contribution in [2.45, 2.75) is 238 Å².